The number of carboxylic acid groups (broad SMARTS) is 1. The molecule has 0 aliphatic heterocycles. The van der Waals surface area contributed by atoms with E-state index >= 15 is 0 Å². The van der Waals surface area contributed by atoms with Crippen LogP contribution in [-0.2, 0) is 9.57 Å². The Morgan fingerprint density at radius 1 is 1.33 bits per heavy atom. The number of hydrogen-bond donors (Lipinski definition) is 2. The number of benzene rings is 1. The number of hydrogen-bond acceptors (Lipinski definition) is 7. The second-order valence-corrected chi connectivity index (χ2v) is 6.21. The first-order valence-corrected chi connectivity index (χ1v) is 6.86. The monoisotopic (exact) mass is 310 g/mol. The number of aromatic carboxylic acids is 1. The van der Waals surface area contributed by atoms with Crippen LogP contribution in [-0.4, -0.2) is 27.8 Å². The summed E-state index contributed by atoms with van der Waals surface area (Å²) in [5.74, 6) is -1.01. The van der Waals surface area contributed by atoms with Crippen molar-refractivity contribution >= 4 is 38.8 Å². The van der Waals surface area contributed by atoms with E-state index in [1.165, 1.54) is 23.5 Å². The van der Waals surface area contributed by atoms with Crippen LogP contribution in [0.1, 0.15) is 31.1 Å². The Labute approximate surface area is 124 Å². The first-order chi connectivity index (χ1) is 9.74. The third-order valence-corrected chi connectivity index (χ3v) is 3.16. The summed E-state index contributed by atoms with van der Waals surface area (Å²) in [6.07, 6.45) is -0.868. The molecule has 0 amide bonds. The van der Waals surface area contributed by atoms with Gasteiger partial charge in [0, 0.05) is 0 Å². The molecule has 1 aromatic carbocycles. The fourth-order valence-corrected chi connectivity index (χ4v) is 2.30. The van der Waals surface area contributed by atoms with Gasteiger partial charge in [0.25, 0.3) is 0 Å². The van der Waals surface area contributed by atoms with Gasteiger partial charge in [-0.15, -0.1) is 0 Å². The van der Waals surface area contributed by atoms with E-state index in [2.05, 4.69) is 10.5 Å². The minimum atomic E-state index is -1.01. The van der Waals surface area contributed by atoms with Crippen molar-refractivity contribution < 1.29 is 24.3 Å². The Morgan fingerprint density at radius 2 is 2.05 bits per heavy atom. The first kappa shape index (κ1) is 15.0. The van der Waals surface area contributed by atoms with Crippen LogP contribution in [0.25, 0.3) is 10.2 Å². The van der Waals surface area contributed by atoms with E-state index in [4.69, 9.17) is 14.7 Å². The molecule has 1 aromatic heterocycles. The van der Waals surface area contributed by atoms with E-state index in [-0.39, 0.29) is 5.56 Å². The number of nitrogens with zero attached hydrogens (tertiary/aromatic N) is 1. The summed E-state index contributed by atoms with van der Waals surface area (Å²) < 4.78 is 5.63. The summed E-state index contributed by atoms with van der Waals surface area (Å²) in [6.45, 7) is 5.16. The molecule has 0 bridgehead atoms. The zero-order chi connectivity index (χ0) is 15.6. The zero-order valence-corrected chi connectivity index (χ0v) is 12.5. The van der Waals surface area contributed by atoms with Crippen molar-refractivity contribution in [3.05, 3.63) is 23.8 Å². The van der Waals surface area contributed by atoms with Gasteiger partial charge in [-0.2, -0.15) is 5.48 Å². The van der Waals surface area contributed by atoms with Gasteiger partial charge in [0.1, 0.15) is 5.60 Å². The molecule has 0 spiro atoms. The molecular weight excluding hydrogens is 296 g/mol. The quantitative estimate of drug-likeness (QED) is 0.663. The SMILES string of the molecule is CC(C)(C)OC(=O)ONc1nc2ccc(C(=O)O)cc2s1. The molecule has 21 heavy (non-hydrogen) atoms. The highest BCUT2D eigenvalue weighted by Crippen LogP contribution is 2.27. The summed E-state index contributed by atoms with van der Waals surface area (Å²) in [5.41, 5.74) is 2.52. The van der Waals surface area contributed by atoms with Crippen LogP contribution in [0.2, 0.25) is 0 Å². The third-order valence-electron chi connectivity index (χ3n) is 2.25. The lowest BCUT2D eigenvalue weighted by atomic mass is 10.2. The van der Waals surface area contributed by atoms with Crippen LogP contribution < -0.4 is 5.48 Å². The predicted molar refractivity (Wildman–Crippen MR) is 77.5 cm³/mol. The third kappa shape index (κ3) is 4.06. The minimum Gasteiger partial charge on any atom is -0.478 e. The van der Waals surface area contributed by atoms with Gasteiger partial charge in [0.05, 0.1) is 15.8 Å². The van der Waals surface area contributed by atoms with Crippen molar-refractivity contribution in [1.29, 1.82) is 0 Å². The van der Waals surface area contributed by atoms with Gasteiger partial charge in [-0.3, -0.25) is 0 Å². The van der Waals surface area contributed by atoms with E-state index < -0.39 is 17.7 Å². The second-order valence-electron chi connectivity index (χ2n) is 5.18. The van der Waals surface area contributed by atoms with E-state index in [9.17, 15) is 9.59 Å². The van der Waals surface area contributed by atoms with Gasteiger partial charge >= 0.3 is 12.1 Å². The highest BCUT2D eigenvalue weighted by molar-refractivity contribution is 7.22. The average molecular weight is 310 g/mol. The number of carbonyl (C=O) groups is 2. The summed E-state index contributed by atoms with van der Waals surface area (Å²) in [4.78, 5) is 31.2. The van der Waals surface area contributed by atoms with Crippen molar-refractivity contribution in [1.82, 2.24) is 4.98 Å². The molecule has 0 radical (unpaired) electrons. The summed E-state index contributed by atoms with van der Waals surface area (Å²) >= 11 is 1.17. The van der Waals surface area contributed by atoms with Crippen molar-refractivity contribution in [2.24, 2.45) is 0 Å². The van der Waals surface area contributed by atoms with Crippen LogP contribution in [0.15, 0.2) is 18.2 Å². The van der Waals surface area contributed by atoms with Crippen LogP contribution >= 0.6 is 11.3 Å². The minimum absolute atomic E-state index is 0.172. The molecule has 0 unspecified atom stereocenters. The Morgan fingerprint density at radius 3 is 2.67 bits per heavy atom. The molecule has 2 aromatic rings. The molecule has 0 aliphatic carbocycles. The van der Waals surface area contributed by atoms with Gasteiger partial charge in [-0.05, 0) is 39.0 Å². The highest BCUT2D eigenvalue weighted by atomic mass is 32.1. The molecule has 2 rings (SSSR count). The Kier molecular flexibility index (Phi) is 3.99. The molecule has 1 heterocycles. The normalized spacial score (nSPS) is 11.2. The Bertz CT molecular complexity index is 689. The zero-order valence-electron chi connectivity index (χ0n) is 11.7. The number of ether oxygens (including phenoxy) is 1. The van der Waals surface area contributed by atoms with Crippen molar-refractivity contribution in [3.63, 3.8) is 0 Å². The topological polar surface area (TPSA) is 97.8 Å². The number of thiazole rings is 1. The van der Waals surface area contributed by atoms with E-state index in [0.717, 1.165) is 0 Å². The fourth-order valence-electron chi connectivity index (χ4n) is 1.46. The van der Waals surface area contributed by atoms with Gasteiger partial charge in [0.2, 0.25) is 5.13 Å². The molecule has 0 fully saturated rings. The molecule has 7 nitrogen and oxygen atoms in total. The Hall–Kier alpha value is -2.35. The molecule has 2 N–H and O–H groups in total. The number of fused-ring (bicyclic) bond motifs is 1. The molecule has 8 heteroatoms. The fraction of sp³-hybridized carbons (Fsp3) is 0.308. The van der Waals surface area contributed by atoms with Gasteiger partial charge in [0.15, 0.2) is 0 Å². The largest absolute Gasteiger partial charge is 0.533 e. The van der Waals surface area contributed by atoms with Crippen molar-refractivity contribution in [2.45, 2.75) is 26.4 Å². The van der Waals surface area contributed by atoms with E-state index in [0.29, 0.717) is 15.3 Å². The maximum Gasteiger partial charge on any atom is 0.533 e. The summed E-state index contributed by atoms with van der Waals surface area (Å²) in [7, 11) is 0. The van der Waals surface area contributed by atoms with Gasteiger partial charge in [-0.1, -0.05) is 11.3 Å². The number of rotatable bonds is 3. The number of carbonyl (C=O) groups excluding carboxylic acids is 1. The van der Waals surface area contributed by atoms with Gasteiger partial charge < -0.3 is 14.7 Å². The van der Waals surface area contributed by atoms with Crippen molar-refractivity contribution in [3.8, 4) is 0 Å². The number of nitrogens with one attached hydrogen (secondary N) is 1. The van der Waals surface area contributed by atoms with E-state index in [1.807, 2.05) is 0 Å². The van der Waals surface area contributed by atoms with E-state index in [1.54, 1.807) is 26.8 Å². The molecule has 0 atom stereocenters. The Balaban J connectivity index is 2.06. The van der Waals surface area contributed by atoms with Crippen LogP contribution in [0.4, 0.5) is 9.93 Å². The highest BCUT2D eigenvalue weighted by Gasteiger charge is 2.18. The average Bonchev–Trinajstić information content (AvgIpc) is 2.75. The molecule has 0 aliphatic rings. The second kappa shape index (κ2) is 5.57. The van der Waals surface area contributed by atoms with Crippen LogP contribution in [0, 0.1) is 0 Å². The number of anilines is 1. The van der Waals surface area contributed by atoms with Crippen LogP contribution in [0.3, 0.4) is 0 Å². The summed E-state index contributed by atoms with van der Waals surface area (Å²) in [5, 5.41) is 9.25. The number of aromatic nitrogens is 1. The standard InChI is InChI=1S/C13H14N2O5S/c1-13(2,3)19-12(18)20-15-11-14-8-5-4-7(10(16)17)6-9(8)21-11/h4-6H,1-3H3,(H,14,15)(H,16,17). The van der Waals surface area contributed by atoms with Crippen molar-refractivity contribution in [2.75, 3.05) is 5.48 Å². The summed E-state index contributed by atoms with van der Waals surface area (Å²) in [6, 6.07) is 4.56. The molecule has 0 saturated carbocycles. The lowest BCUT2D eigenvalue weighted by Crippen LogP contribution is -2.25. The maximum atomic E-state index is 11.4. The maximum absolute atomic E-state index is 11.4. The van der Waals surface area contributed by atoms with Gasteiger partial charge in [-0.25, -0.2) is 14.6 Å². The lowest BCUT2D eigenvalue weighted by Gasteiger charge is -2.18. The predicted octanol–water partition coefficient (Wildman–Crippen LogP) is 3.27. The lowest BCUT2D eigenvalue weighted by molar-refractivity contribution is 0.00297. The molecular formula is C13H14N2O5S. The first-order valence-electron chi connectivity index (χ1n) is 6.04. The number of carboxylic acids is 1. The van der Waals surface area contributed by atoms with Crippen LogP contribution in [0.5, 0.6) is 0 Å². The molecule has 112 valence electrons. The smallest absolute Gasteiger partial charge is 0.478 e. The molecule has 0 saturated heterocycles.